The van der Waals surface area contributed by atoms with Crippen molar-refractivity contribution in [2.75, 3.05) is 18.5 Å². The number of hydrogen-bond acceptors (Lipinski definition) is 4. The van der Waals surface area contributed by atoms with Crippen LogP contribution < -0.4 is 10.6 Å². The van der Waals surface area contributed by atoms with Gasteiger partial charge in [-0.2, -0.15) is 0 Å². The number of urea groups is 1. The summed E-state index contributed by atoms with van der Waals surface area (Å²) in [6.07, 6.45) is 3.35. The van der Waals surface area contributed by atoms with Crippen molar-refractivity contribution in [3.05, 3.63) is 11.6 Å². The Morgan fingerprint density at radius 1 is 1.56 bits per heavy atom. The monoisotopic (exact) mass is 241 g/mol. The fourth-order valence-electron chi connectivity index (χ4n) is 1.63. The van der Waals surface area contributed by atoms with Crippen molar-refractivity contribution >= 4 is 22.5 Å². The molecule has 0 aliphatic carbocycles. The fraction of sp³-hybridized carbons (Fsp3) is 0.600. The number of carbonyl (C=O) groups is 1. The molecular weight excluding hydrogens is 226 g/mol. The van der Waals surface area contributed by atoms with Crippen molar-refractivity contribution in [3.63, 3.8) is 0 Å². The summed E-state index contributed by atoms with van der Waals surface area (Å²) < 4.78 is 5.27. The average Bonchev–Trinajstić information content (AvgIpc) is 2.70. The zero-order valence-electron chi connectivity index (χ0n) is 9.16. The minimum atomic E-state index is -0.195. The van der Waals surface area contributed by atoms with Crippen LogP contribution in [-0.2, 0) is 4.74 Å². The van der Waals surface area contributed by atoms with Gasteiger partial charge in [-0.1, -0.05) is 0 Å². The number of aromatic nitrogens is 1. The summed E-state index contributed by atoms with van der Waals surface area (Å²) in [5, 5.41) is 8.12. The minimum Gasteiger partial charge on any atom is -0.381 e. The Kier molecular flexibility index (Phi) is 3.40. The Bertz CT molecular complexity index is 347. The van der Waals surface area contributed by atoms with Crippen LogP contribution in [0.3, 0.4) is 0 Å². The Morgan fingerprint density at radius 3 is 2.94 bits per heavy atom. The molecule has 0 aromatic carbocycles. The van der Waals surface area contributed by atoms with Gasteiger partial charge in [-0.25, -0.2) is 9.78 Å². The van der Waals surface area contributed by atoms with Gasteiger partial charge in [-0.3, -0.25) is 5.32 Å². The first-order valence-corrected chi connectivity index (χ1v) is 6.12. The van der Waals surface area contributed by atoms with Gasteiger partial charge in [0.2, 0.25) is 0 Å². The smallest absolute Gasteiger partial charge is 0.321 e. The van der Waals surface area contributed by atoms with Crippen LogP contribution in [-0.4, -0.2) is 29.8 Å². The molecule has 5 nitrogen and oxygen atoms in total. The van der Waals surface area contributed by atoms with Crippen molar-refractivity contribution < 1.29 is 9.53 Å². The topological polar surface area (TPSA) is 63.2 Å². The molecule has 0 atom stereocenters. The van der Waals surface area contributed by atoms with Crippen LogP contribution in [0.4, 0.5) is 9.93 Å². The van der Waals surface area contributed by atoms with E-state index in [0.717, 1.165) is 12.8 Å². The van der Waals surface area contributed by atoms with Gasteiger partial charge in [0.1, 0.15) is 0 Å². The summed E-state index contributed by atoms with van der Waals surface area (Å²) in [6.45, 7) is 3.44. The quantitative estimate of drug-likeness (QED) is 0.830. The van der Waals surface area contributed by atoms with E-state index in [1.165, 1.54) is 11.3 Å². The van der Waals surface area contributed by atoms with Gasteiger partial charge in [0.15, 0.2) is 5.13 Å². The van der Waals surface area contributed by atoms with Gasteiger partial charge in [0.25, 0.3) is 0 Å². The largest absolute Gasteiger partial charge is 0.381 e. The molecule has 2 heterocycles. The van der Waals surface area contributed by atoms with E-state index in [9.17, 15) is 4.79 Å². The normalized spacial score (nSPS) is 19.1. The molecule has 0 bridgehead atoms. The van der Waals surface area contributed by atoms with Crippen molar-refractivity contribution in [2.24, 2.45) is 0 Å². The van der Waals surface area contributed by atoms with E-state index in [-0.39, 0.29) is 11.6 Å². The maximum Gasteiger partial charge on any atom is 0.321 e. The van der Waals surface area contributed by atoms with Crippen molar-refractivity contribution in [2.45, 2.75) is 25.3 Å². The lowest BCUT2D eigenvalue weighted by Gasteiger charge is -2.34. The highest BCUT2D eigenvalue weighted by atomic mass is 32.1. The number of nitrogens with zero attached hydrogens (tertiary/aromatic N) is 1. The second-order valence-electron chi connectivity index (χ2n) is 4.09. The van der Waals surface area contributed by atoms with E-state index in [4.69, 9.17) is 4.74 Å². The van der Waals surface area contributed by atoms with Crippen LogP contribution in [0.1, 0.15) is 19.8 Å². The SMILES string of the molecule is CC1(NC(=O)Nc2nccs2)CCOCC1. The molecule has 0 radical (unpaired) electrons. The number of carbonyl (C=O) groups excluding carboxylic acids is 1. The molecule has 1 aromatic rings. The first-order chi connectivity index (χ1) is 7.68. The van der Waals surface area contributed by atoms with Crippen molar-refractivity contribution in [1.29, 1.82) is 0 Å². The molecule has 2 amide bonds. The second-order valence-corrected chi connectivity index (χ2v) is 4.98. The third-order valence-corrected chi connectivity index (χ3v) is 3.35. The molecule has 0 saturated carbocycles. The summed E-state index contributed by atoms with van der Waals surface area (Å²) in [6, 6.07) is -0.195. The Labute approximate surface area is 98.2 Å². The van der Waals surface area contributed by atoms with E-state index in [0.29, 0.717) is 18.3 Å². The molecule has 16 heavy (non-hydrogen) atoms. The molecule has 1 fully saturated rings. The molecule has 1 aliphatic rings. The van der Waals surface area contributed by atoms with Crippen molar-refractivity contribution in [3.8, 4) is 0 Å². The molecule has 6 heteroatoms. The third-order valence-electron chi connectivity index (χ3n) is 2.66. The number of nitrogens with one attached hydrogen (secondary N) is 2. The van der Waals surface area contributed by atoms with Crippen LogP contribution in [0.5, 0.6) is 0 Å². The Hall–Kier alpha value is -1.14. The highest BCUT2D eigenvalue weighted by Gasteiger charge is 2.28. The molecule has 0 unspecified atom stereocenters. The molecule has 1 aromatic heterocycles. The summed E-state index contributed by atoms with van der Waals surface area (Å²) in [4.78, 5) is 15.7. The van der Waals surface area contributed by atoms with Crippen LogP contribution in [0, 0.1) is 0 Å². The second kappa shape index (κ2) is 4.80. The van der Waals surface area contributed by atoms with Gasteiger partial charge < -0.3 is 10.1 Å². The zero-order chi connectivity index (χ0) is 11.4. The van der Waals surface area contributed by atoms with E-state index in [1.54, 1.807) is 6.20 Å². The summed E-state index contributed by atoms with van der Waals surface area (Å²) in [5.74, 6) is 0. The number of anilines is 1. The van der Waals surface area contributed by atoms with E-state index < -0.39 is 0 Å². The molecule has 2 rings (SSSR count). The average molecular weight is 241 g/mol. The number of amides is 2. The molecular formula is C10H15N3O2S. The number of thiazole rings is 1. The van der Waals surface area contributed by atoms with Crippen LogP contribution in [0.15, 0.2) is 11.6 Å². The number of ether oxygens (including phenoxy) is 1. The van der Waals surface area contributed by atoms with Gasteiger partial charge in [-0.15, -0.1) is 11.3 Å². The first-order valence-electron chi connectivity index (χ1n) is 5.24. The minimum absolute atomic E-state index is 0.167. The van der Waals surface area contributed by atoms with E-state index >= 15 is 0 Å². The summed E-state index contributed by atoms with van der Waals surface area (Å²) in [7, 11) is 0. The molecule has 1 saturated heterocycles. The van der Waals surface area contributed by atoms with Gasteiger partial charge in [-0.05, 0) is 19.8 Å². The summed E-state index contributed by atoms with van der Waals surface area (Å²) >= 11 is 1.40. The summed E-state index contributed by atoms with van der Waals surface area (Å²) in [5.41, 5.74) is -0.167. The molecule has 88 valence electrons. The van der Waals surface area contributed by atoms with Crippen LogP contribution in [0.25, 0.3) is 0 Å². The van der Waals surface area contributed by atoms with Gasteiger partial charge >= 0.3 is 6.03 Å². The Morgan fingerprint density at radius 2 is 2.31 bits per heavy atom. The predicted molar refractivity (Wildman–Crippen MR) is 62.7 cm³/mol. The zero-order valence-corrected chi connectivity index (χ0v) is 9.97. The maximum atomic E-state index is 11.7. The maximum absolute atomic E-state index is 11.7. The highest BCUT2D eigenvalue weighted by Crippen LogP contribution is 2.20. The fourth-order valence-corrected chi connectivity index (χ4v) is 2.16. The van der Waals surface area contributed by atoms with Gasteiger partial charge in [0, 0.05) is 30.3 Å². The highest BCUT2D eigenvalue weighted by molar-refractivity contribution is 7.13. The molecule has 0 spiro atoms. The van der Waals surface area contributed by atoms with Crippen LogP contribution >= 0.6 is 11.3 Å². The lowest BCUT2D eigenvalue weighted by Crippen LogP contribution is -2.51. The predicted octanol–water partition coefficient (Wildman–Crippen LogP) is 1.83. The van der Waals surface area contributed by atoms with E-state index in [2.05, 4.69) is 15.6 Å². The standard InChI is InChI=1S/C10H15N3O2S/c1-10(2-5-15-6-3-10)13-8(14)12-9-11-4-7-16-9/h4,7H,2-3,5-6H2,1H3,(H2,11,12,13,14). The Balaban J connectivity index is 1.86. The van der Waals surface area contributed by atoms with Crippen LogP contribution in [0.2, 0.25) is 0 Å². The molecule has 1 aliphatic heterocycles. The van der Waals surface area contributed by atoms with Crippen molar-refractivity contribution in [1.82, 2.24) is 10.3 Å². The van der Waals surface area contributed by atoms with Gasteiger partial charge in [0.05, 0.1) is 0 Å². The lowest BCUT2D eigenvalue weighted by molar-refractivity contribution is 0.0500. The third kappa shape index (κ3) is 2.93. The number of rotatable bonds is 2. The van der Waals surface area contributed by atoms with E-state index in [1.807, 2.05) is 12.3 Å². The first kappa shape index (κ1) is 11.3. The number of hydrogen-bond donors (Lipinski definition) is 2. The molecule has 2 N–H and O–H groups in total. The lowest BCUT2D eigenvalue weighted by atomic mass is 9.93.